The number of hydrogen-bond donors (Lipinski definition) is 2. The molecule has 36 heavy (non-hydrogen) atoms. The molecular weight excluding hydrogens is 480 g/mol. The van der Waals surface area contributed by atoms with Gasteiger partial charge in [0, 0.05) is 36.5 Å². The van der Waals surface area contributed by atoms with Gasteiger partial charge >= 0.3 is 0 Å². The van der Waals surface area contributed by atoms with Crippen molar-refractivity contribution in [3.8, 4) is 0 Å². The molecule has 2 N–H and O–H groups in total. The Bertz CT molecular complexity index is 1260. The van der Waals surface area contributed by atoms with Crippen LogP contribution in [0.4, 0.5) is 11.5 Å². The number of anilines is 2. The highest BCUT2D eigenvalue weighted by Gasteiger charge is 2.33. The largest absolute Gasteiger partial charge is 0.449 e. The second-order valence-electron chi connectivity index (χ2n) is 9.54. The van der Waals surface area contributed by atoms with Gasteiger partial charge in [-0.1, -0.05) is 23.7 Å². The van der Waals surface area contributed by atoms with Crippen LogP contribution in [0.2, 0.25) is 5.02 Å². The molecule has 0 bridgehead atoms. The maximum Gasteiger partial charge on any atom is 0.294 e. The highest BCUT2D eigenvalue weighted by atomic mass is 35.5. The van der Waals surface area contributed by atoms with E-state index in [1.165, 1.54) is 12.6 Å². The molecule has 2 fully saturated rings. The van der Waals surface area contributed by atoms with E-state index in [4.69, 9.17) is 16.0 Å². The van der Waals surface area contributed by atoms with Crippen LogP contribution >= 0.6 is 11.6 Å². The van der Waals surface area contributed by atoms with Gasteiger partial charge in [0.2, 0.25) is 17.6 Å². The Morgan fingerprint density at radius 1 is 0.917 bits per heavy atom. The van der Waals surface area contributed by atoms with Gasteiger partial charge in [-0.3, -0.25) is 14.4 Å². The molecule has 1 saturated heterocycles. The third kappa shape index (κ3) is 5.23. The fourth-order valence-corrected chi connectivity index (χ4v) is 5.26. The summed E-state index contributed by atoms with van der Waals surface area (Å²) in [7, 11) is 0. The lowest BCUT2D eigenvalue weighted by molar-refractivity contribution is -0.138. The van der Waals surface area contributed by atoms with Crippen molar-refractivity contribution in [3.63, 3.8) is 0 Å². The first-order valence-corrected chi connectivity index (χ1v) is 12.9. The van der Waals surface area contributed by atoms with Gasteiger partial charge in [-0.15, -0.1) is 0 Å². The molecule has 3 heterocycles. The molecule has 0 spiro atoms. The summed E-state index contributed by atoms with van der Waals surface area (Å²) in [4.78, 5) is 45.3. The molecule has 1 aliphatic carbocycles. The predicted octanol–water partition coefficient (Wildman–Crippen LogP) is 5.49. The van der Waals surface area contributed by atoms with Crippen LogP contribution in [0.3, 0.4) is 0 Å². The number of hydrogen-bond acceptors (Lipinski definition) is 5. The van der Waals surface area contributed by atoms with Gasteiger partial charge in [-0.05, 0) is 69.2 Å². The number of rotatable bonds is 5. The predicted molar refractivity (Wildman–Crippen MR) is 138 cm³/mol. The lowest BCUT2D eigenvalue weighted by atomic mass is 9.80. The number of nitrogens with zero attached hydrogens (tertiary/aromatic N) is 2. The Kier molecular flexibility index (Phi) is 7.23. The molecule has 9 heteroatoms. The second kappa shape index (κ2) is 10.7. The highest BCUT2D eigenvalue weighted by Crippen LogP contribution is 2.35. The number of amides is 3. The average Bonchev–Trinajstić information content (AvgIpc) is 3.28. The number of halogens is 1. The molecule has 3 amide bonds. The van der Waals surface area contributed by atoms with Crippen molar-refractivity contribution in [2.45, 2.75) is 44.9 Å². The molecule has 0 radical (unpaired) electrons. The second-order valence-corrected chi connectivity index (χ2v) is 9.98. The Morgan fingerprint density at radius 2 is 1.64 bits per heavy atom. The van der Waals surface area contributed by atoms with Gasteiger partial charge in [-0.25, -0.2) is 4.98 Å². The maximum absolute atomic E-state index is 13.3. The smallest absolute Gasteiger partial charge is 0.294 e. The van der Waals surface area contributed by atoms with Crippen LogP contribution in [0.1, 0.15) is 55.5 Å². The van der Waals surface area contributed by atoms with Crippen LogP contribution in [0.5, 0.6) is 0 Å². The quantitative estimate of drug-likeness (QED) is 0.474. The van der Waals surface area contributed by atoms with Crippen LogP contribution in [0.15, 0.2) is 47.0 Å². The lowest BCUT2D eigenvalue weighted by Gasteiger charge is -2.33. The fourth-order valence-electron chi connectivity index (χ4n) is 5.15. The zero-order valence-corrected chi connectivity index (χ0v) is 20.7. The van der Waals surface area contributed by atoms with Crippen LogP contribution < -0.4 is 10.6 Å². The minimum absolute atomic E-state index is 0.00452. The maximum atomic E-state index is 13.3. The molecule has 3 aromatic rings. The number of para-hydroxylation sites is 1. The molecule has 5 rings (SSSR count). The first kappa shape index (κ1) is 24.3. The third-order valence-electron chi connectivity index (χ3n) is 7.13. The number of benzene rings is 1. The summed E-state index contributed by atoms with van der Waals surface area (Å²) >= 11 is 5.88. The number of piperidine rings is 1. The monoisotopic (exact) mass is 508 g/mol. The van der Waals surface area contributed by atoms with E-state index >= 15 is 0 Å². The summed E-state index contributed by atoms with van der Waals surface area (Å²) in [6.45, 7) is 1.70. The molecule has 1 aliphatic heterocycles. The van der Waals surface area contributed by atoms with Gasteiger partial charge < -0.3 is 20.0 Å². The normalized spacial score (nSPS) is 20.2. The zero-order valence-electron chi connectivity index (χ0n) is 20.0. The van der Waals surface area contributed by atoms with E-state index in [9.17, 15) is 14.4 Å². The van der Waals surface area contributed by atoms with Crippen molar-refractivity contribution in [1.82, 2.24) is 9.88 Å². The van der Waals surface area contributed by atoms with E-state index < -0.39 is 5.91 Å². The Hall–Kier alpha value is -3.39. The molecule has 8 nitrogen and oxygen atoms in total. The van der Waals surface area contributed by atoms with Crippen molar-refractivity contribution in [1.29, 1.82) is 0 Å². The van der Waals surface area contributed by atoms with Crippen molar-refractivity contribution < 1.29 is 18.8 Å². The van der Waals surface area contributed by atoms with Gasteiger partial charge in [0.15, 0.2) is 0 Å². The van der Waals surface area contributed by atoms with E-state index in [2.05, 4.69) is 15.6 Å². The summed E-state index contributed by atoms with van der Waals surface area (Å²) < 4.78 is 5.83. The summed E-state index contributed by atoms with van der Waals surface area (Å²) in [5.41, 5.74) is 0.839. The lowest BCUT2D eigenvalue weighted by Crippen LogP contribution is -2.41. The van der Waals surface area contributed by atoms with E-state index in [1.807, 2.05) is 11.0 Å². The van der Waals surface area contributed by atoms with Crippen molar-refractivity contribution in [3.05, 3.63) is 53.4 Å². The number of aromatic nitrogens is 1. The SMILES string of the molecule is O=C(Nc1ccc(Cl)cn1)c1oc2ccccc2c1NC(=O)C1CCC(C(=O)N2CCCCC2)CC1. The standard InChI is InChI=1S/C27H29ClN4O4/c28-19-12-13-22(29-16-19)30-26(34)24-23(20-6-2-3-7-21(20)36-24)31-25(33)17-8-10-18(11-9-17)27(35)32-14-4-1-5-15-32/h2-3,6-7,12-13,16-18H,1,4-5,8-11,14-15H2,(H,31,33)(H,29,30,34). The number of carbonyl (C=O) groups excluding carboxylic acids is 3. The highest BCUT2D eigenvalue weighted by molar-refractivity contribution is 6.30. The Morgan fingerprint density at radius 3 is 2.36 bits per heavy atom. The Balaban J connectivity index is 1.28. The molecule has 2 aliphatic rings. The summed E-state index contributed by atoms with van der Waals surface area (Å²) in [6, 6.07) is 10.4. The van der Waals surface area contributed by atoms with Crippen LogP contribution in [-0.2, 0) is 9.59 Å². The molecule has 2 aromatic heterocycles. The first-order chi connectivity index (χ1) is 17.5. The molecule has 1 saturated carbocycles. The van der Waals surface area contributed by atoms with E-state index in [1.54, 1.807) is 30.3 Å². The molecule has 1 aromatic carbocycles. The number of fused-ring (bicyclic) bond motifs is 1. The topological polar surface area (TPSA) is 105 Å². The first-order valence-electron chi connectivity index (χ1n) is 12.5. The summed E-state index contributed by atoms with van der Waals surface area (Å²) in [5.74, 6) is -0.345. The molecular formula is C27H29ClN4O4. The minimum atomic E-state index is -0.521. The molecule has 0 unspecified atom stereocenters. The molecule has 0 atom stereocenters. The Labute approximate surface area is 214 Å². The van der Waals surface area contributed by atoms with E-state index in [0.29, 0.717) is 53.2 Å². The van der Waals surface area contributed by atoms with Crippen molar-refractivity contribution >= 4 is 51.8 Å². The van der Waals surface area contributed by atoms with Gasteiger partial charge in [0.05, 0.1) is 5.02 Å². The van der Waals surface area contributed by atoms with E-state index in [-0.39, 0.29) is 29.4 Å². The number of nitrogens with one attached hydrogen (secondary N) is 2. The number of furan rings is 1. The third-order valence-corrected chi connectivity index (χ3v) is 7.36. The van der Waals surface area contributed by atoms with Crippen LogP contribution in [0.25, 0.3) is 11.0 Å². The number of carbonyl (C=O) groups is 3. The number of likely N-dealkylation sites (tertiary alicyclic amines) is 1. The van der Waals surface area contributed by atoms with Crippen LogP contribution in [0, 0.1) is 11.8 Å². The average molecular weight is 509 g/mol. The van der Waals surface area contributed by atoms with Crippen molar-refractivity contribution in [2.75, 3.05) is 23.7 Å². The number of pyridine rings is 1. The fraction of sp³-hybridized carbons (Fsp3) is 0.407. The zero-order chi connectivity index (χ0) is 25.1. The van der Waals surface area contributed by atoms with Gasteiger partial charge in [0.1, 0.15) is 17.1 Å². The molecule has 188 valence electrons. The minimum Gasteiger partial charge on any atom is -0.449 e. The van der Waals surface area contributed by atoms with Crippen LogP contribution in [-0.4, -0.2) is 40.7 Å². The summed E-state index contributed by atoms with van der Waals surface area (Å²) in [5, 5.41) is 6.75. The van der Waals surface area contributed by atoms with E-state index in [0.717, 1.165) is 25.9 Å². The van der Waals surface area contributed by atoms with Gasteiger partial charge in [0.25, 0.3) is 5.91 Å². The summed E-state index contributed by atoms with van der Waals surface area (Å²) in [6.07, 6.45) is 7.47. The van der Waals surface area contributed by atoms with Crippen molar-refractivity contribution in [2.24, 2.45) is 11.8 Å². The van der Waals surface area contributed by atoms with Gasteiger partial charge in [-0.2, -0.15) is 0 Å².